The van der Waals surface area contributed by atoms with Crippen LogP contribution < -0.4 is 21.5 Å². The number of aliphatic hydroxyl groups is 1. The molecule has 6 N–H and O–H groups in total. The van der Waals surface area contributed by atoms with E-state index in [2.05, 4.69) is 77.8 Å². The first-order chi connectivity index (χ1) is 28.6. The van der Waals surface area contributed by atoms with Gasteiger partial charge in [0.05, 0.1) is 24.5 Å². The van der Waals surface area contributed by atoms with E-state index in [-0.39, 0.29) is 37.0 Å². The van der Waals surface area contributed by atoms with Crippen molar-refractivity contribution in [3.63, 3.8) is 0 Å². The first-order valence-electron chi connectivity index (χ1n) is 20.9. The van der Waals surface area contributed by atoms with Crippen molar-refractivity contribution in [1.82, 2.24) is 30.5 Å². The number of likely N-dealkylation sites (N-methyl/N-ethyl adjacent to an activating group) is 1. The predicted molar refractivity (Wildman–Crippen MR) is 228 cm³/mol. The fourth-order valence-corrected chi connectivity index (χ4v) is 8.73. The highest BCUT2D eigenvalue weighted by Gasteiger charge is 2.31. The Morgan fingerprint density at radius 1 is 0.898 bits per heavy atom. The number of nitrogens with two attached hydrogens (primary N) is 2. The van der Waals surface area contributed by atoms with Crippen molar-refractivity contribution in [2.24, 2.45) is 11.7 Å². The summed E-state index contributed by atoms with van der Waals surface area (Å²) in [5.74, 6) is 2.97. The standard InChI is InChI=1S/C46H56N8O5/c1-26(2)56-41-18-12-29(24-37(41)47)45-50-43(52-58-45)35-10-6-8-33-31(35)14-16-39(33)49-21-20-27(3)28(4)57-42-19-13-30(25-38(42)48)46-51-44(53-59-46)36-11-7-9-34-32(36)15-17-40(34)54(5)22-23-55/h6-13,18,24-28,39-40,42,49,55H,14-17,19-23,47-48H2,1-5H3/t27?,28?,39?,40-,42?/m0/s1. The second kappa shape index (κ2) is 17.5. The van der Waals surface area contributed by atoms with Crippen molar-refractivity contribution >= 4 is 11.3 Å². The van der Waals surface area contributed by atoms with Gasteiger partial charge in [-0.3, -0.25) is 4.90 Å². The van der Waals surface area contributed by atoms with Crippen molar-refractivity contribution in [2.45, 2.75) is 96.6 Å². The quantitative estimate of drug-likeness (QED) is 0.0723. The number of nitrogen functional groups attached to an aromatic ring is 1. The molecule has 3 aromatic carbocycles. The number of nitrogens with zero attached hydrogens (tertiary/aromatic N) is 5. The van der Waals surface area contributed by atoms with Gasteiger partial charge in [0.15, 0.2) is 0 Å². The van der Waals surface area contributed by atoms with Crippen LogP contribution >= 0.6 is 0 Å². The summed E-state index contributed by atoms with van der Waals surface area (Å²) < 4.78 is 23.8. The molecule has 5 aromatic rings. The molecule has 2 heterocycles. The first kappa shape index (κ1) is 40.4. The molecule has 0 aliphatic heterocycles. The molecule has 13 heteroatoms. The maximum Gasteiger partial charge on any atom is 0.258 e. The van der Waals surface area contributed by atoms with Crippen LogP contribution in [0.5, 0.6) is 5.75 Å². The predicted octanol–water partition coefficient (Wildman–Crippen LogP) is 7.44. The van der Waals surface area contributed by atoms with E-state index in [1.54, 1.807) is 0 Å². The number of nitrogens with one attached hydrogen (secondary N) is 1. The average molecular weight is 801 g/mol. The van der Waals surface area contributed by atoms with Gasteiger partial charge in [-0.1, -0.05) is 59.7 Å². The van der Waals surface area contributed by atoms with Crippen molar-refractivity contribution in [2.75, 3.05) is 32.5 Å². The number of anilines is 1. The minimum atomic E-state index is -0.224. The summed E-state index contributed by atoms with van der Waals surface area (Å²) in [7, 11) is 2.06. The first-order valence-corrected chi connectivity index (χ1v) is 20.9. The van der Waals surface area contributed by atoms with Crippen LogP contribution in [0.4, 0.5) is 5.69 Å². The van der Waals surface area contributed by atoms with E-state index in [9.17, 15) is 5.11 Å². The summed E-state index contributed by atoms with van der Waals surface area (Å²) in [5, 5.41) is 22.0. The molecule has 0 bridgehead atoms. The van der Waals surface area contributed by atoms with Crippen molar-refractivity contribution < 1.29 is 23.6 Å². The Morgan fingerprint density at radius 3 is 2.31 bits per heavy atom. The Hall–Kier alpha value is -5.34. The number of benzene rings is 3. The number of aliphatic hydroxyl groups excluding tert-OH is 1. The normalized spacial score (nSPS) is 19.8. The van der Waals surface area contributed by atoms with E-state index in [0.29, 0.717) is 59.4 Å². The van der Waals surface area contributed by atoms with Crippen LogP contribution in [0.3, 0.4) is 0 Å². The molecule has 310 valence electrons. The molecule has 4 unspecified atom stereocenters. The number of hydrogen-bond donors (Lipinski definition) is 4. The molecule has 0 saturated heterocycles. The van der Waals surface area contributed by atoms with Gasteiger partial charge in [-0.2, -0.15) is 9.97 Å². The van der Waals surface area contributed by atoms with E-state index >= 15 is 0 Å². The minimum Gasteiger partial charge on any atom is -0.489 e. The topological polar surface area (TPSA) is 184 Å². The fourth-order valence-electron chi connectivity index (χ4n) is 8.73. The second-order valence-corrected chi connectivity index (χ2v) is 16.5. The number of ether oxygens (including phenoxy) is 2. The Kier molecular flexibility index (Phi) is 12.0. The van der Waals surface area contributed by atoms with E-state index < -0.39 is 0 Å². The van der Waals surface area contributed by atoms with E-state index in [0.717, 1.165) is 60.9 Å². The summed E-state index contributed by atoms with van der Waals surface area (Å²) >= 11 is 0. The van der Waals surface area contributed by atoms with Crippen LogP contribution in [-0.4, -0.2) is 75.3 Å². The number of allylic oxidation sites excluding steroid dienone is 2. The zero-order valence-corrected chi connectivity index (χ0v) is 34.6. The number of aromatic nitrogens is 4. The maximum atomic E-state index is 9.46. The van der Waals surface area contributed by atoms with Gasteiger partial charge in [-0.25, -0.2) is 0 Å². The Morgan fingerprint density at radius 2 is 1.59 bits per heavy atom. The molecular formula is C46H56N8O5. The zero-order chi connectivity index (χ0) is 41.2. The van der Waals surface area contributed by atoms with E-state index in [4.69, 9.17) is 40.0 Å². The fraction of sp³-hybridized carbons (Fsp3) is 0.435. The highest BCUT2D eigenvalue weighted by atomic mass is 16.5. The molecule has 5 atom stereocenters. The summed E-state index contributed by atoms with van der Waals surface area (Å²) in [6.07, 6.45) is 9.22. The lowest BCUT2D eigenvalue weighted by Crippen LogP contribution is -2.32. The van der Waals surface area contributed by atoms with E-state index in [1.807, 2.05) is 44.2 Å². The maximum absolute atomic E-state index is 9.46. The van der Waals surface area contributed by atoms with E-state index in [1.165, 1.54) is 22.3 Å². The minimum absolute atomic E-state index is 0.00307. The van der Waals surface area contributed by atoms with Crippen LogP contribution in [0.2, 0.25) is 0 Å². The van der Waals surface area contributed by atoms with Crippen molar-refractivity contribution in [3.8, 4) is 40.0 Å². The SMILES string of the molecule is CC(C)Oc1ccc(-c2nc(-c3cccc4c3CCC4NCCC(C)C(C)OC3CC=C(c4nc(-c5cccc6c5CC[C@@H]6N(C)CCO)no4)C=C3N)no2)cc1N. The Labute approximate surface area is 345 Å². The molecule has 13 nitrogen and oxygen atoms in total. The van der Waals surface area contributed by atoms with Gasteiger partial charge in [-0.05, 0) is 125 Å². The monoisotopic (exact) mass is 800 g/mol. The number of hydrogen-bond acceptors (Lipinski definition) is 13. The molecule has 0 amide bonds. The number of fused-ring (bicyclic) bond motifs is 2. The smallest absolute Gasteiger partial charge is 0.258 e. The van der Waals surface area contributed by atoms with Gasteiger partial charge in [-0.15, -0.1) is 0 Å². The molecule has 0 fully saturated rings. The highest BCUT2D eigenvalue weighted by Crippen LogP contribution is 2.41. The molecule has 3 aliphatic carbocycles. The zero-order valence-electron chi connectivity index (χ0n) is 34.6. The van der Waals surface area contributed by atoms with Gasteiger partial charge < -0.3 is 40.4 Å². The molecule has 0 radical (unpaired) electrons. The third-order valence-corrected chi connectivity index (χ3v) is 12.1. The lowest BCUT2D eigenvalue weighted by atomic mass is 9.98. The Balaban J connectivity index is 0.834. The summed E-state index contributed by atoms with van der Waals surface area (Å²) in [6, 6.07) is 18.7. The summed E-state index contributed by atoms with van der Waals surface area (Å²) in [4.78, 5) is 11.8. The van der Waals surface area contributed by atoms with Crippen LogP contribution in [0.25, 0.3) is 39.8 Å². The van der Waals surface area contributed by atoms with Gasteiger partial charge in [0, 0.05) is 46.6 Å². The Bertz CT molecular complexity index is 2330. The van der Waals surface area contributed by atoms with Crippen LogP contribution in [0.15, 0.2) is 81.5 Å². The van der Waals surface area contributed by atoms with Gasteiger partial charge in [0.1, 0.15) is 11.9 Å². The molecule has 0 spiro atoms. The largest absolute Gasteiger partial charge is 0.489 e. The van der Waals surface area contributed by atoms with Crippen molar-refractivity contribution in [3.05, 3.63) is 101 Å². The summed E-state index contributed by atoms with van der Waals surface area (Å²) in [6.45, 7) is 9.93. The average Bonchev–Trinajstić information content (AvgIpc) is 4.06. The van der Waals surface area contributed by atoms with Crippen LogP contribution in [0, 0.1) is 5.92 Å². The van der Waals surface area contributed by atoms with Crippen LogP contribution in [0.1, 0.15) is 93.6 Å². The molecule has 8 rings (SSSR count). The molecule has 0 saturated carbocycles. The molecule has 59 heavy (non-hydrogen) atoms. The number of rotatable bonds is 16. The lowest BCUT2D eigenvalue weighted by molar-refractivity contribution is -0.0126. The molecular weight excluding hydrogens is 745 g/mol. The van der Waals surface area contributed by atoms with Gasteiger partial charge in [0.2, 0.25) is 11.6 Å². The van der Waals surface area contributed by atoms with Crippen LogP contribution in [-0.2, 0) is 17.6 Å². The van der Waals surface area contributed by atoms with Gasteiger partial charge >= 0.3 is 0 Å². The molecule has 3 aliphatic rings. The highest BCUT2D eigenvalue weighted by molar-refractivity contribution is 5.73. The lowest BCUT2D eigenvalue weighted by Gasteiger charge is -2.28. The summed E-state index contributed by atoms with van der Waals surface area (Å²) in [5.41, 5.74) is 22.6. The van der Waals surface area contributed by atoms with Gasteiger partial charge in [0.25, 0.3) is 11.8 Å². The third-order valence-electron chi connectivity index (χ3n) is 12.1. The second-order valence-electron chi connectivity index (χ2n) is 16.5. The van der Waals surface area contributed by atoms with Crippen molar-refractivity contribution in [1.29, 1.82) is 0 Å². The third kappa shape index (κ3) is 8.56. The molecule has 2 aromatic heterocycles.